The van der Waals surface area contributed by atoms with Crippen LogP contribution in [0.2, 0.25) is 0 Å². The first-order valence-electron chi connectivity index (χ1n) is 8.01. The number of pyridine rings is 1. The van der Waals surface area contributed by atoms with Crippen LogP contribution < -0.4 is 10.7 Å². The first-order chi connectivity index (χ1) is 11.4. The van der Waals surface area contributed by atoms with Crippen LogP contribution in [0.4, 0.5) is 0 Å². The third-order valence-electron chi connectivity index (χ3n) is 3.93. The average molecular weight is 439 g/mol. The number of likely N-dealkylation sites (N-methyl/N-ethyl adjacent to an activating group) is 1. The van der Waals surface area contributed by atoms with Crippen molar-refractivity contribution in [2.24, 2.45) is 7.05 Å². The van der Waals surface area contributed by atoms with Crippen molar-refractivity contribution < 1.29 is 42.6 Å². The van der Waals surface area contributed by atoms with Crippen LogP contribution in [0.15, 0.2) is 11.0 Å². The predicted octanol–water partition coefficient (Wildman–Crippen LogP) is 1.88. The molecule has 0 bridgehead atoms. The van der Waals surface area contributed by atoms with Crippen LogP contribution in [0.1, 0.15) is 34.6 Å². The monoisotopic (exact) mass is 439 g/mol. The third-order valence-corrected chi connectivity index (χ3v) is 5.14. The predicted molar refractivity (Wildman–Crippen MR) is 97.0 cm³/mol. The fraction of sp³-hybridized carbons (Fsp3) is 0.471. The van der Waals surface area contributed by atoms with Gasteiger partial charge in [0, 0.05) is 63.9 Å². The van der Waals surface area contributed by atoms with Crippen LogP contribution in [0.3, 0.4) is 0 Å². The molecule has 1 amide bonds. The van der Waals surface area contributed by atoms with Gasteiger partial charge in [-0.2, -0.15) is 0 Å². The number of aliphatic hydroxyl groups excluding tert-OH is 1. The fourth-order valence-corrected chi connectivity index (χ4v) is 4.29. The van der Waals surface area contributed by atoms with Gasteiger partial charge in [-0.3, -0.25) is 9.59 Å². The molecule has 0 atom stereocenters. The van der Waals surface area contributed by atoms with Crippen molar-refractivity contribution in [2.75, 3.05) is 20.1 Å². The van der Waals surface area contributed by atoms with Gasteiger partial charge in [0.1, 0.15) is 5.56 Å². The summed E-state index contributed by atoms with van der Waals surface area (Å²) in [6.07, 6.45) is 2.43. The van der Waals surface area contributed by atoms with Crippen molar-refractivity contribution in [1.29, 1.82) is 0 Å². The molecule has 2 heterocycles. The second kappa shape index (κ2) is 9.92. The van der Waals surface area contributed by atoms with E-state index >= 15 is 0 Å². The maximum atomic E-state index is 12.8. The van der Waals surface area contributed by atoms with E-state index in [1.54, 1.807) is 6.20 Å². The Balaban J connectivity index is 0.00000312. The first kappa shape index (κ1) is 22.4. The molecule has 0 saturated carbocycles. The number of carbonyl (C=O) groups is 1. The van der Waals surface area contributed by atoms with E-state index in [2.05, 4.69) is 12.2 Å². The normalized spacial score (nSPS) is 11.0. The maximum Gasteiger partial charge on any atom is 0.256 e. The van der Waals surface area contributed by atoms with Crippen molar-refractivity contribution in [3.8, 4) is 0 Å². The molecule has 0 saturated heterocycles. The van der Waals surface area contributed by atoms with Gasteiger partial charge < -0.3 is 19.9 Å². The Hall–Kier alpha value is -0.596. The van der Waals surface area contributed by atoms with E-state index in [0.717, 1.165) is 29.0 Å². The van der Waals surface area contributed by atoms with E-state index in [1.165, 1.54) is 11.3 Å². The van der Waals surface area contributed by atoms with Gasteiger partial charge in [-0.25, -0.2) is 6.61 Å². The van der Waals surface area contributed by atoms with Crippen LogP contribution in [0, 0.1) is 6.61 Å². The van der Waals surface area contributed by atoms with Crippen LogP contribution in [-0.4, -0.2) is 40.6 Å². The van der Waals surface area contributed by atoms with E-state index in [-0.39, 0.29) is 49.6 Å². The molecule has 0 fully saturated rings. The molecule has 25 heavy (non-hydrogen) atoms. The molecule has 0 aliphatic carbocycles. The van der Waals surface area contributed by atoms with Gasteiger partial charge >= 0.3 is 0 Å². The maximum absolute atomic E-state index is 12.8. The van der Waals surface area contributed by atoms with Gasteiger partial charge in [0.05, 0.1) is 10.2 Å². The summed E-state index contributed by atoms with van der Waals surface area (Å²) in [5, 5.41) is 11.6. The number of thiophene rings is 1. The Morgan fingerprint density at radius 3 is 2.68 bits per heavy atom. The Morgan fingerprint density at radius 1 is 1.44 bits per heavy atom. The molecule has 2 aromatic rings. The second-order valence-electron chi connectivity index (χ2n) is 5.76. The van der Waals surface area contributed by atoms with Crippen molar-refractivity contribution in [2.45, 2.75) is 26.8 Å². The van der Waals surface area contributed by atoms with E-state index in [0.29, 0.717) is 24.3 Å². The quantitative estimate of drug-likeness (QED) is 0.647. The van der Waals surface area contributed by atoms with Gasteiger partial charge in [-0.05, 0) is 26.0 Å². The number of aliphatic hydroxyl groups is 1. The molecule has 6 nitrogen and oxygen atoms in total. The smallest absolute Gasteiger partial charge is 0.256 e. The number of hydrogen-bond acceptors (Lipinski definition) is 5. The fourth-order valence-electron chi connectivity index (χ4n) is 2.83. The van der Waals surface area contributed by atoms with Crippen LogP contribution >= 0.6 is 11.3 Å². The van der Waals surface area contributed by atoms with Gasteiger partial charge in [-0.1, -0.05) is 6.92 Å². The molecule has 0 aromatic carbocycles. The summed E-state index contributed by atoms with van der Waals surface area (Å²) < 4.78 is 2.49. The third kappa shape index (κ3) is 4.77. The molecule has 135 valence electrons. The second-order valence-corrected chi connectivity index (χ2v) is 6.86. The molecule has 8 heteroatoms. The van der Waals surface area contributed by atoms with E-state index < -0.39 is 0 Å². The van der Waals surface area contributed by atoms with Crippen molar-refractivity contribution in [3.63, 3.8) is 0 Å². The van der Waals surface area contributed by atoms with E-state index in [4.69, 9.17) is 5.11 Å². The minimum Gasteiger partial charge on any atom is -0.565 e. The van der Waals surface area contributed by atoms with Gasteiger partial charge in [-0.15, -0.1) is 17.9 Å². The van der Waals surface area contributed by atoms with Gasteiger partial charge in [0.25, 0.3) is 5.91 Å². The molecule has 0 unspecified atom stereocenters. The SMILES string of the molecule is CCNC(=O)c1cn(C)c2c(CC)c(CN(C)C[CH-]O)sc2c1=O.[Y]. The molecule has 2 rings (SSSR count). The molecule has 1 radical (unpaired) electrons. The Labute approximate surface area is 177 Å². The first-order valence-corrected chi connectivity index (χ1v) is 8.82. The summed E-state index contributed by atoms with van der Waals surface area (Å²) in [6, 6.07) is 0. The number of nitrogens with zero attached hydrogens (tertiary/aromatic N) is 2. The van der Waals surface area contributed by atoms with E-state index in [1.807, 2.05) is 30.5 Å². The zero-order valence-electron chi connectivity index (χ0n) is 15.1. The Kier molecular flexibility index (Phi) is 8.91. The molecular weight excluding hydrogens is 415 g/mol. The van der Waals surface area contributed by atoms with E-state index in [9.17, 15) is 9.59 Å². The minimum absolute atomic E-state index is 0. The molecule has 2 N–H and O–H groups in total. The molecule has 0 aliphatic heterocycles. The summed E-state index contributed by atoms with van der Waals surface area (Å²) >= 11 is 1.44. The van der Waals surface area contributed by atoms with Crippen molar-refractivity contribution in [3.05, 3.63) is 39.0 Å². The largest absolute Gasteiger partial charge is 0.565 e. The van der Waals surface area contributed by atoms with Crippen LogP contribution in [-0.2, 0) is 52.7 Å². The number of rotatable bonds is 7. The van der Waals surface area contributed by atoms with Crippen molar-refractivity contribution >= 4 is 27.5 Å². The van der Waals surface area contributed by atoms with Crippen molar-refractivity contribution in [1.82, 2.24) is 14.8 Å². The molecule has 0 aliphatic rings. The summed E-state index contributed by atoms with van der Waals surface area (Å²) in [7, 11) is 3.78. The summed E-state index contributed by atoms with van der Waals surface area (Å²) in [6.45, 7) is 6.59. The number of nitrogens with one attached hydrogen (secondary N) is 1. The topological polar surface area (TPSA) is 74.6 Å². The average Bonchev–Trinajstić information content (AvgIpc) is 2.90. The van der Waals surface area contributed by atoms with Crippen LogP contribution in [0.5, 0.6) is 0 Å². The summed E-state index contributed by atoms with van der Waals surface area (Å²) in [5.41, 5.74) is 1.99. The number of amides is 1. The number of hydrogen-bond donors (Lipinski definition) is 2. The molecular formula is C17H24N3O3SY-. The van der Waals surface area contributed by atoms with Gasteiger partial charge in [0.15, 0.2) is 0 Å². The zero-order chi connectivity index (χ0) is 17.9. The summed E-state index contributed by atoms with van der Waals surface area (Å²) in [5.74, 6) is -0.333. The zero-order valence-corrected chi connectivity index (χ0v) is 18.8. The van der Waals surface area contributed by atoms with Crippen LogP contribution in [0.25, 0.3) is 10.2 Å². The summed E-state index contributed by atoms with van der Waals surface area (Å²) in [4.78, 5) is 28.0. The Bertz CT molecular complexity index is 801. The number of carbonyl (C=O) groups excluding carboxylic acids is 1. The van der Waals surface area contributed by atoms with Gasteiger partial charge in [0.2, 0.25) is 5.43 Å². The molecule has 0 spiro atoms. The Morgan fingerprint density at radius 2 is 2.12 bits per heavy atom. The number of aryl methyl sites for hydroxylation is 2. The standard InChI is InChI=1S/C17H24N3O3S.Y/c1-5-11-13(10-19(3)7-8-21)24-16-14(11)20(4)9-12(15(16)22)17(23)18-6-2;/h8-9,21H,5-7,10H2,1-4H3,(H,18,23);/q-1;. The number of aromatic nitrogens is 1. The number of fused-ring (bicyclic) bond motifs is 1. The molecule has 2 aromatic heterocycles. The minimum atomic E-state index is -0.333.